The Bertz CT molecular complexity index is 200. The number of likely N-dealkylation sites (N-methyl/N-ethyl adjacent to an activating group) is 1. The molecule has 1 atom stereocenters. The van der Waals surface area contributed by atoms with Crippen LogP contribution in [0.3, 0.4) is 0 Å². The Morgan fingerprint density at radius 3 is 2.53 bits per heavy atom. The minimum Gasteiger partial charge on any atom is -0.394 e. The first kappa shape index (κ1) is 14.9. The van der Waals surface area contributed by atoms with Crippen LogP contribution in [0.25, 0.3) is 0 Å². The number of aliphatic hydroxyl groups is 1. The van der Waals surface area contributed by atoms with E-state index in [1.807, 2.05) is 7.05 Å². The highest BCUT2D eigenvalue weighted by Crippen LogP contribution is 2.18. The first-order chi connectivity index (χ1) is 8.13. The molecule has 17 heavy (non-hydrogen) atoms. The van der Waals surface area contributed by atoms with E-state index >= 15 is 0 Å². The summed E-state index contributed by atoms with van der Waals surface area (Å²) in [5, 5.41) is 12.5. The topological polar surface area (TPSA) is 44.7 Å². The van der Waals surface area contributed by atoms with Crippen molar-refractivity contribution < 1.29 is 9.84 Å². The molecule has 1 aliphatic rings. The van der Waals surface area contributed by atoms with Crippen LogP contribution in [0.5, 0.6) is 0 Å². The fraction of sp³-hybridized carbons (Fsp3) is 1.00. The van der Waals surface area contributed by atoms with Crippen molar-refractivity contribution >= 4 is 0 Å². The number of nitrogens with one attached hydrogen (secondary N) is 1. The Balaban J connectivity index is 2.22. The molecule has 4 heteroatoms. The Labute approximate surface area is 105 Å². The number of hydrogen-bond donors (Lipinski definition) is 2. The van der Waals surface area contributed by atoms with Crippen molar-refractivity contribution in [2.24, 2.45) is 5.92 Å². The SMILES string of the molecule is CNC(C)(CO)CCN1CCC(COC)CC1. The predicted molar refractivity (Wildman–Crippen MR) is 70.2 cm³/mol. The van der Waals surface area contributed by atoms with Crippen molar-refractivity contribution in [3.63, 3.8) is 0 Å². The molecule has 0 bridgehead atoms. The van der Waals surface area contributed by atoms with Gasteiger partial charge in [-0.3, -0.25) is 0 Å². The minimum atomic E-state index is -0.136. The maximum atomic E-state index is 9.33. The Morgan fingerprint density at radius 2 is 2.06 bits per heavy atom. The van der Waals surface area contributed by atoms with Crippen molar-refractivity contribution in [1.29, 1.82) is 0 Å². The van der Waals surface area contributed by atoms with Crippen LogP contribution < -0.4 is 5.32 Å². The van der Waals surface area contributed by atoms with Crippen LogP contribution in [0.4, 0.5) is 0 Å². The van der Waals surface area contributed by atoms with Gasteiger partial charge in [-0.05, 0) is 58.8 Å². The number of hydrogen-bond acceptors (Lipinski definition) is 4. The summed E-state index contributed by atoms with van der Waals surface area (Å²) < 4.78 is 5.20. The highest BCUT2D eigenvalue weighted by molar-refractivity contribution is 4.83. The molecule has 4 nitrogen and oxygen atoms in total. The average molecular weight is 244 g/mol. The molecule has 0 aromatic heterocycles. The normalized spacial score (nSPS) is 22.6. The lowest BCUT2D eigenvalue weighted by molar-refractivity contribution is 0.0900. The fourth-order valence-corrected chi connectivity index (χ4v) is 2.30. The molecule has 0 amide bonds. The second kappa shape index (κ2) is 7.31. The molecule has 1 unspecified atom stereocenters. The van der Waals surface area contributed by atoms with Gasteiger partial charge in [0.15, 0.2) is 0 Å². The molecule has 0 spiro atoms. The van der Waals surface area contributed by atoms with E-state index in [1.54, 1.807) is 7.11 Å². The quantitative estimate of drug-likeness (QED) is 0.692. The Morgan fingerprint density at radius 1 is 1.41 bits per heavy atom. The molecule has 102 valence electrons. The highest BCUT2D eigenvalue weighted by Gasteiger charge is 2.24. The first-order valence-electron chi connectivity index (χ1n) is 6.64. The molecule has 0 aliphatic carbocycles. The summed E-state index contributed by atoms with van der Waals surface area (Å²) in [6, 6.07) is 0. The van der Waals surface area contributed by atoms with Gasteiger partial charge in [0.1, 0.15) is 0 Å². The van der Waals surface area contributed by atoms with Crippen LogP contribution in [0.2, 0.25) is 0 Å². The lowest BCUT2D eigenvalue weighted by Gasteiger charge is -2.35. The second-order valence-corrected chi connectivity index (χ2v) is 5.46. The van der Waals surface area contributed by atoms with Crippen LogP contribution in [-0.2, 0) is 4.74 Å². The molecule has 1 rings (SSSR count). The summed E-state index contributed by atoms with van der Waals surface area (Å²) in [5.41, 5.74) is -0.136. The predicted octanol–water partition coefficient (Wildman–Crippen LogP) is 0.705. The van der Waals surface area contributed by atoms with E-state index in [1.165, 1.54) is 25.9 Å². The molecular formula is C13H28N2O2. The largest absolute Gasteiger partial charge is 0.394 e. The number of likely N-dealkylation sites (tertiary alicyclic amines) is 1. The molecule has 1 saturated heterocycles. The Kier molecular flexibility index (Phi) is 6.41. The third kappa shape index (κ3) is 4.92. The monoisotopic (exact) mass is 244 g/mol. The standard InChI is InChI=1S/C13H28N2O2/c1-13(11-16,14-2)6-9-15-7-4-12(5-8-15)10-17-3/h12,14,16H,4-11H2,1-3H3. The summed E-state index contributed by atoms with van der Waals surface area (Å²) in [4.78, 5) is 2.50. The van der Waals surface area contributed by atoms with Gasteiger partial charge in [0.25, 0.3) is 0 Å². The smallest absolute Gasteiger partial charge is 0.0610 e. The van der Waals surface area contributed by atoms with E-state index in [9.17, 15) is 5.11 Å². The van der Waals surface area contributed by atoms with Crippen molar-refractivity contribution in [3.8, 4) is 0 Å². The summed E-state index contributed by atoms with van der Waals surface area (Å²) in [6.45, 7) is 6.57. The number of ether oxygens (including phenoxy) is 1. The van der Waals surface area contributed by atoms with Crippen molar-refractivity contribution in [3.05, 3.63) is 0 Å². The van der Waals surface area contributed by atoms with Crippen LogP contribution in [0.15, 0.2) is 0 Å². The zero-order valence-electron chi connectivity index (χ0n) is 11.5. The van der Waals surface area contributed by atoms with E-state index in [4.69, 9.17) is 4.74 Å². The van der Waals surface area contributed by atoms with E-state index in [2.05, 4.69) is 17.1 Å². The van der Waals surface area contributed by atoms with Gasteiger partial charge in [-0.25, -0.2) is 0 Å². The van der Waals surface area contributed by atoms with Crippen LogP contribution >= 0.6 is 0 Å². The zero-order chi connectivity index (χ0) is 12.7. The van der Waals surface area contributed by atoms with Crippen molar-refractivity contribution in [2.45, 2.75) is 31.7 Å². The molecule has 1 fully saturated rings. The second-order valence-electron chi connectivity index (χ2n) is 5.46. The van der Waals surface area contributed by atoms with Crippen molar-refractivity contribution in [1.82, 2.24) is 10.2 Å². The molecular weight excluding hydrogens is 216 g/mol. The first-order valence-corrected chi connectivity index (χ1v) is 6.64. The highest BCUT2D eigenvalue weighted by atomic mass is 16.5. The van der Waals surface area contributed by atoms with Gasteiger partial charge in [0.2, 0.25) is 0 Å². The van der Waals surface area contributed by atoms with Gasteiger partial charge in [0, 0.05) is 19.3 Å². The van der Waals surface area contributed by atoms with Crippen LogP contribution in [0.1, 0.15) is 26.2 Å². The fourth-order valence-electron chi connectivity index (χ4n) is 2.30. The van der Waals surface area contributed by atoms with Crippen LogP contribution in [-0.4, -0.2) is 62.6 Å². The summed E-state index contributed by atoms with van der Waals surface area (Å²) >= 11 is 0. The number of methoxy groups -OCH3 is 1. The number of nitrogens with zero attached hydrogens (tertiary/aromatic N) is 1. The van der Waals surface area contributed by atoms with Gasteiger partial charge in [-0.15, -0.1) is 0 Å². The van der Waals surface area contributed by atoms with Crippen LogP contribution in [0, 0.1) is 5.92 Å². The molecule has 1 heterocycles. The molecule has 0 saturated carbocycles. The summed E-state index contributed by atoms with van der Waals surface area (Å²) in [5.74, 6) is 0.741. The summed E-state index contributed by atoms with van der Waals surface area (Å²) in [7, 11) is 3.70. The zero-order valence-corrected chi connectivity index (χ0v) is 11.5. The van der Waals surface area contributed by atoms with Gasteiger partial charge >= 0.3 is 0 Å². The van der Waals surface area contributed by atoms with E-state index in [0.29, 0.717) is 0 Å². The lowest BCUT2D eigenvalue weighted by Crippen LogP contribution is -2.47. The van der Waals surface area contributed by atoms with Gasteiger partial charge in [0.05, 0.1) is 6.61 Å². The molecule has 1 aliphatic heterocycles. The van der Waals surface area contributed by atoms with Gasteiger partial charge < -0.3 is 20.1 Å². The molecule has 0 radical (unpaired) electrons. The lowest BCUT2D eigenvalue weighted by atomic mass is 9.95. The van der Waals surface area contributed by atoms with Gasteiger partial charge in [-0.1, -0.05) is 0 Å². The third-order valence-electron chi connectivity index (χ3n) is 4.04. The third-order valence-corrected chi connectivity index (χ3v) is 4.04. The maximum Gasteiger partial charge on any atom is 0.0610 e. The van der Waals surface area contributed by atoms with E-state index in [0.717, 1.165) is 25.5 Å². The molecule has 2 N–H and O–H groups in total. The maximum absolute atomic E-state index is 9.33. The Hall–Kier alpha value is -0.160. The number of piperidine rings is 1. The number of aliphatic hydroxyl groups excluding tert-OH is 1. The van der Waals surface area contributed by atoms with E-state index < -0.39 is 0 Å². The van der Waals surface area contributed by atoms with E-state index in [-0.39, 0.29) is 12.1 Å². The number of rotatable bonds is 7. The molecule has 0 aromatic rings. The minimum absolute atomic E-state index is 0.136. The summed E-state index contributed by atoms with van der Waals surface area (Å²) in [6.07, 6.45) is 3.47. The van der Waals surface area contributed by atoms with Gasteiger partial charge in [-0.2, -0.15) is 0 Å². The molecule has 0 aromatic carbocycles. The van der Waals surface area contributed by atoms with Crippen molar-refractivity contribution in [2.75, 3.05) is 47.0 Å². The average Bonchev–Trinajstić information content (AvgIpc) is 2.38.